The topological polar surface area (TPSA) is 69.3 Å². The molecule has 1 amide bonds. The van der Waals surface area contributed by atoms with Crippen LogP contribution in [0.3, 0.4) is 0 Å². The van der Waals surface area contributed by atoms with E-state index in [1.165, 1.54) is 0 Å². The van der Waals surface area contributed by atoms with E-state index < -0.39 is 0 Å². The van der Waals surface area contributed by atoms with E-state index >= 15 is 0 Å². The first-order chi connectivity index (χ1) is 14.6. The molecule has 4 rings (SSSR count). The first-order valence-corrected chi connectivity index (χ1v) is 10.1. The van der Waals surface area contributed by atoms with Crippen LogP contribution in [0.25, 0.3) is 10.9 Å². The predicted octanol–water partition coefficient (Wildman–Crippen LogP) is 5.49. The third-order valence-corrected chi connectivity index (χ3v) is 5.18. The molecule has 2 aromatic carbocycles. The number of anilines is 1. The lowest BCUT2D eigenvalue weighted by atomic mass is 10.1. The van der Waals surface area contributed by atoms with Crippen LogP contribution in [0.2, 0.25) is 0 Å². The van der Waals surface area contributed by atoms with Gasteiger partial charge in [0.2, 0.25) is 0 Å². The molecule has 0 aliphatic carbocycles. The van der Waals surface area contributed by atoms with Crippen LogP contribution in [-0.2, 0) is 13.2 Å². The quantitative estimate of drug-likeness (QED) is 0.443. The molecule has 6 nitrogen and oxygen atoms in total. The molecule has 0 bridgehead atoms. The van der Waals surface area contributed by atoms with Crippen molar-refractivity contribution in [1.29, 1.82) is 0 Å². The maximum Gasteiger partial charge on any atom is 0.259 e. The summed E-state index contributed by atoms with van der Waals surface area (Å²) in [5.41, 5.74) is 4.08. The van der Waals surface area contributed by atoms with Gasteiger partial charge in [0.1, 0.15) is 18.1 Å². The van der Waals surface area contributed by atoms with E-state index in [2.05, 4.69) is 34.2 Å². The number of aromatic nitrogens is 2. The molecule has 1 N–H and O–H groups in total. The van der Waals surface area contributed by atoms with Crippen molar-refractivity contribution >= 4 is 22.5 Å². The molecule has 0 atom stereocenters. The molecule has 0 aliphatic heterocycles. The number of ether oxygens (including phenoxy) is 1. The Labute approximate surface area is 175 Å². The molecule has 0 aliphatic rings. The maximum atomic E-state index is 12.9. The number of rotatable bonds is 7. The molecule has 0 unspecified atom stereocenters. The van der Waals surface area contributed by atoms with Crippen LogP contribution in [0, 0.1) is 13.8 Å². The highest BCUT2D eigenvalue weighted by Crippen LogP contribution is 2.25. The molecule has 0 radical (unpaired) electrons. The van der Waals surface area contributed by atoms with Crippen molar-refractivity contribution in [2.75, 3.05) is 5.32 Å². The SMILES string of the molecule is CCCn1ccc2cc(NC(=O)c3ccccc3OCc3c(C)noc3C)ccc21. The number of carbonyl (C=O) groups is 1. The van der Waals surface area contributed by atoms with Gasteiger partial charge in [0.25, 0.3) is 5.91 Å². The van der Waals surface area contributed by atoms with Gasteiger partial charge >= 0.3 is 0 Å². The Kier molecular flexibility index (Phi) is 5.57. The molecule has 0 spiro atoms. The minimum Gasteiger partial charge on any atom is -0.488 e. The van der Waals surface area contributed by atoms with Crippen LogP contribution < -0.4 is 10.1 Å². The monoisotopic (exact) mass is 403 g/mol. The van der Waals surface area contributed by atoms with Gasteiger partial charge in [-0.2, -0.15) is 0 Å². The van der Waals surface area contributed by atoms with Gasteiger partial charge in [0.15, 0.2) is 0 Å². The van der Waals surface area contributed by atoms with Gasteiger partial charge in [-0.25, -0.2) is 0 Å². The normalized spacial score (nSPS) is 11.0. The minimum absolute atomic E-state index is 0.211. The summed E-state index contributed by atoms with van der Waals surface area (Å²) in [6, 6.07) is 15.3. The third-order valence-electron chi connectivity index (χ3n) is 5.18. The highest BCUT2D eigenvalue weighted by Gasteiger charge is 2.15. The van der Waals surface area contributed by atoms with Gasteiger partial charge in [-0.1, -0.05) is 24.2 Å². The fraction of sp³-hybridized carbons (Fsp3) is 0.250. The third kappa shape index (κ3) is 3.94. The van der Waals surface area contributed by atoms with E-state index in [-0.39, 0.29) is 5.91 Å². The van der Waals surface area contributed by atoms with E-state index in [1.54, 1.807) is 12.1 Å². The van der Waals surface area contributed by atoms with E-state index in [9.17, 15) is 4.79 Å². The summed E-state index contributed by atoms with van der Waals surface area (Å²) < 4.78 is 13.3. The molecule has 30 heavy (non-hydrogen) atoms. The first kappa shape index (κ1) is 19.8. The second-order valence-corrected chi connectivity index (χ2v) is 7.32. The summed E-state index contributed by atoms with van der Waals surface area (Å²) in [4.78, 5) is 12.9. The Bertz CT molecular complexity index is 1170. The van der Waals surface area contributed by atoms with Gasteiger partial charge in [-0.05, 0) is 56.7 Å². The lowest BCUT2D eigenvalue weighted by Gasteiger charge is -2.12. The number of fused-ring (bicyclic) bond motifs is 1. The Morgan fingerprint density at radius 2 is 2.00 bits per heavy atom. The van der Waals surface area contributed by atoms with E-state index in [0.29, 0.717) is 17.9 Å². The summed E-state index contributed by atoms with van der Waals surface area (Å²) in [6.45, 7) is 7.15. The molecular formula is C24H25N3O3. The van der Waals surface area contributed by atoms with Crippen molar-refractivity contribution in [2.24, 2.45) is 0 Å². The summed E-state index contributed by atoms with van der Waals surface area (Å²) >= 11 is 0. The van der Waals surface area contributed by atoms with Crippen molar-refractivity contribution in [3.05, 3.63) is 77.3 Å². The zero-order valence-corrected chi connectivity index (χ0v) is 17.4. The van der Waals surface area contributed by atoms with Crippen molar-refractivity contribution in [3.8, 4) is 5.75 Å². The fourth-order valence-corrected chi connectivity index (χ4v) is 3.55. The number of para-hydroxylation sites is 1. The maximum absolute atomic E-state index is 12.9. The number of aryl methyl sites for hydroxylation is 3. The molecular weight excluding hydrogens is 378 g/mol. The lowest BCUT2D eigenvalue weighted by Crippen LogP contribution is -2.13. The molecule has 0 saturated carbocycles. The zero-order valence-electron chi connectivity index (χ0n) is 17.4. The number of carbonyl (C=O) groups excluding carboxylic acids is 1. The first-order valence-electron chi connectivity index (χ1n) is 10.1. The zero-order chi connectivity index (χ0) is 21.1. The van der Waals surface area contributed by atoms with E-state index in [4.69, 9.17) is 9.26 Å². The van der Waals surface area contributed by atoms with Crippen LogP contribution in [0.1, 0.15) is 40.7 Å². The number of nitrogens with zero attached hydrogens (tertiary/aromatic N) is 2. The molecule has 4 aromatic rings. The summed E-state index contributed by atoms with van der Waals surface area (Å²) in [6.07, 6.45) is 3.16. The lowest BCUT2D eigenvalue weighted by molar-refractivity contribution is 0.102. The molecule has 0 fully saturated rings. The predicted molar refractivity (Wildman–Crippen MR) is 117 cm³/mol. The molecule has 6 heteroatoms. The second-order valence-electron chi connectivity index (χ2n) is 7.32. The van der Waals surface area contributed by atoms with Gasteiger partial charge < -0.3 is 19.1 Å². The smallest absolute Gasteiger partial charge is 0.259 e. The number of nitrogens with one attached hydrogen (secondary N) is 1. The van der Waals surface area contributed by atoms with Crippen molar-refractivity contribution in [1.82, 2.24) is 9.72 Å². The van der Waals surface area contributed by atoms with Crippen molar-refractivity contribution < 1.29 is 14.1 Å². The molecule has 2 heterocycles. The Morgan fingerprint density at radius 3 is 2.77 bits per heavy atom. The van der Waals surface area contributed by atoms with Crippen LogP contribution >= 0.6 is 0 Å². The Hall–Kier alpha value is -3.54. The van der Waals surface area contributed by atoms with Crippen LogP contribution in [0.4, 0.5) is 5.69 Å². The minimum atomic E-state index is -0.211. The van der Waals surface area contributed by atoms with Crippen LogP contribution in [-0.4, -0.2) is 15.6 Å². The number of hydrogen-bond donors (Lipinski definition) is 1. The fourth-order valence-electron chi connectivity index (χ4n) is 3.55. The van der Waals surface area contributed by atoms with Gasteiger partial charge in [0.05, 0.1) is 16.8 Å². The highest BCUT2D eigenvalue weighted by molar-refractivity contribution is 6.06. The van der Waals surface area contributed by atoms with Crippen LogP contribution in [0.5, 0.6) is 5.75 Å². The number of benzene rings is 2. The number of amides is 1. The summed E-state index contributed by atoms with van der Waals surface area (Å²) in [5, 5.41) is 8.03. The van der Waals surface area contributed by atoms with E-state index in [0.717, 1.165) is 46.6 Å². The average Bonchev–Trinajstić information content (AvgIpc) is 3.29. The number of hydrogen-bond acceptors (Lipinski definition) is 4. The standard InChI is InChI=1S/C24H25N3O3/c1-4-12-27-13-11-18-14-19(9-10-22(18)27)25-24(28)20-7-5-6-8-23(20)29-15-21-16(2)26-30-17(21)3/h5-11,13-14H,4,12,15H2,1-3H3,(H,25,28). The van der Waals surface area contributed by atoms with Gasteiger partial charge in [0, 0.05) is 29.3 Å². The van der Waals surface area contributed by atoms with Crippen molar-refractivity contribution in [2.45, 2.75) is 40.3 Å². The Morgan fingerprint density at radius 1 is 1.17 bits per heavy atom. The van der Waals surface area contributed by atoms with E-state index in [1.807, 2.05) is 44.2 Å². The summed E-state index contributed by atoms with van der Waals surface area (Å²) in [5.74, 6) is 1.03. The van der Waals surface area contributed by atoms with Gasteiger partial charge in [-0.3, -0.25) is 4.79 Å². The molecule has 2 aromatic heterocycles. The second kappa shape index (κ2) is 8.45. The van der Waals surface area contributed by atoms with Crippen LogP contribution in [0.15, 0.2) is 59.3 Å². The van der Waals surface area contributed by atoms with Gasteiger partial charge in [-0.15, -0.1) is 0 Å². The largest absolute Gasteiger partial charge is 0.488 e. The average molecular weight is 403 g/mol. The Balaban J connectivity index is 1.52. The highest BCUT2D eigenvalue weighted by atomic mass is 16.5. The van der Waals surface area contributed by atoms with Crippen molar-refractivity contribution in [3.63, 3.8) is 0 Å². The molecule has 154 valence electrons. The summed E-state index contributed by atoms with van der Waals surface area (Å²) in [7, 11) is 0. The molecule has 0 saturated heterocycles.